The van der Waals surface area contributed by atoms with Crippen LogP contribution in [0.2, 0.25) is 0 Å². The van der Waals surface area contributed by atoms with E-state index in [1.807, 2.05) is 45.0 Å². The fourth-order valence-corrected chi connectivity index (χ4v) is 4.50. The lowest BCUT2D eigenvalue weighted by Gasteiger charge is -2.30. The van der Waals surface area contributed by atoms with Gasteiger partial charge >= 0.3 is 0 Å². The van der Waals surface area contributed by atoms with Gasteiger partial charge in [0.2, 0.25) is 21.8 Å². The smallest absolute Gasteiger partial charge is 0.243 e. The number of aryl methyl sites for hydroxylation is 2. The summed E-state index contributed by atoms with van der Waals surface area (Å²) in [5, 5.41) is 2.87. The molecule has 0 aliphatic rings. The molecule has 0 bridgehead atoms. The van der Waals surface area contributed by atoms with Gasteiger partial charge < -0.3 is 10.2 Å². The van der Waals surface area contributed by atoms with Gasteiger partial charge in [-0.1, -0.05) is 60.9 Å². The second-order valence-electron chi connectivity index (χ2n) is 8.41. The van der Waals surface area contributed by atoms with Crippen molar-refractivity contribution in [1.82, 2.24) is 14.5 Å². The van der Waals surface area contributed by atoms with E-state index in [1.165, 1.54) is 24.1 Å². The Balaban J connectivity index is 2.24. The summed E-state index contributed by atoms with van der Waals surface area (Å²) in [5.41, 5.74) is 2.86. The second kappa shape index (κ2) is 12.0. The Labute approximate surface area is 197 Å². The summed E-state index contributed by atoms with van der Waals surface area (Å²) in [6, 6.07) is 13.4. The van der Waals surface area contributed by atoms with Crippen molar-refractivity contribution < 1.29 is 18.0 Å². The van der Waals surface area contributed by atoms with E-state index in [0.29, 0.717) is 6.54 Å². The lowest BCUT2D eigenvalue weighted by molar-refractivity contribution is -0.140. The van der Waals surface area contributed by atoms with E-state index in [4.69, 9.17) is 0 Å². The molecule has 2 aromatic rings. The number of nitrogens with one attached hydrogen (secondary N) is 1. The fraction of sp³-hybridized carbons (Fsp3) is 0.440. The fourth-order valence-electron chi connectivity index (χ4n) is 3.38. The molecular formula is C25H35N3O4S. The zero-order chi connectivity index (χ0) is 24.6. The molecule has 2 amide bonds. The third kappa shape index (κ3) is 7.40. The number of amides is 2. The molecule has 2 rings (SSSR count). The molecule has 0 heterocycles. The van der Waals surface area contributed by atoms with Crippen LogP contribution in [0, 0.1) is 13.8 Å². The first-order valence-electron chi connectivity index (χ1n) is 11.2. The summed E-state index contributed by atoms with van der Waals surface area (Å²) in [7, 11) is -2.46. The van der Waals surface area contributed by atoms with Crippen LogP contribution in [0.15, 0.2) is 53.4 Å². The van der Waals surface area contributed by atoms with E-state index in [1.54, 1.807) is 19.1 Å². The Bertz CT molecular complexity index is 1050. The Morgan fingerprint density at radius 1 is 1.03 bits per heavy atom. The van der Waals surface area contributed by atoms with Crippen LogP contribution in [0.3, 0.4) is 0 Å². The molecule has 180 valence electrons. The number of hydrogen-bond acceptors (Lipinski definition) is 4. The maximum atomic E-state index is 13.3. The SMILES string of the molecule is CCCCNC(=O)C(C)N(Cc1cccc(C)c1)C(=O)CN(C)S(=O)(=O)c1ccc(C)cc1. The van der Waals surface area contributed by atoms with Crippen LogP contribution in [0.25, 0.3) is 0 Å². The molecule has 0 aliphatic carbocycles. The van der Waals surface area contributed by atoms with Crippen molar-refractivity contribution >= 4 is 21.8 Å². The molecular weight excluding hydrogens is 438 g/mol. The van der Waals surface area contributed by atoms with Crippen LogP contribution in [-0.2, 0) is 26.2 Å². The van der Waals surface area contributed by atoms with E-state index in [2.05, 4.69) is 5.32 Å². The topological polar surface area (TPSA) is 86.8 Å². The summed E-state index contributed by atoms with van der Waals surface area (Å²) in [5.74, 6) is -0.693. The minimum absolute atomic E-state index is 0.124. The minimum Gasteiger partial charge on any atom is -0.354 e. The minimum atomic E-state index is -3.84. The van der Waals surface area contributed by atoms with Crippen LogP contribution in [0.4, 0.5) is 0 Å². The van der Waals surface area contributed by atoms with Crippen molar-refractivity contribution in [1.29, 1.82) is 0 Å². The molecule has 1 N–H and O–H groups in total. The van der Waals surface area contributed by atoms with Crippen molar-refractivity contribution in [2.45, 2.75) is 58.0 Å². The Hall–Kier alpha value is -2.71. The average molecular weight is 474 g/mol. The zero-order valence-corrected chi connectivity index (χ0v) is 21.0. The van der Waals surface area contributed by atoms with E-state index in [-0.39, 0.29) is 23.9 Å². The molecule has 1 atom stereocenters. The van der Waals surface area contributed by atoms with E-state index >= 15 is 0 Å². The van der Waals surface area contributed by atoms with E-state index in [0.717, 1.165) is 33.8 Å². The maximum absolute atomic E-state index is 13.3. The highest BCUT2D eigenvalue weighted by Crippen LogP contribution is 2.17. The van der Waals surface area contributed by atoms with Crippen molar-refractivity contribution in [2.24, 2.45) is 0 Å². The Kier molecular flexibility index (Phi) is 9.61. The van der Waals surface area contributed by atoms with Crippen LogP contribution in [0.5, 0.6) is 0 Å². The predicted octanol–water partition coefficient (Wildman–Crippen LogP) is 3.26. The molecule has 0 aromatic heterocycles. The van der Waals surface area contributed by atoms with Gasteiger partial charge in [0, 0.05) is 20.1 Å². The Morgan fingerprint density at radius 2 is 1.70 bits per heavy atom. The van der Waals surface area contributed by atoms with E-state index < -0.39 is 22.0 Å². The molecule has 0 saturated heterocycles. The first kappa shape index (κ1) is 26.5. The number of benzene rings is 2. The molecule has 0 fully saturated rings. The van der Waals surface area contributed by atoms with E-state index in [9.17, 15) is 18.0 Å². The first-order valence-corrected chi connectivity index (χ1v) is 12.7. The summed E-state index contributed by atoms with van der Waals surface area (Å²) in [4.78, 5) is 27.6. The van der Waals surface area contributed by atoms with Crippen molar-refractivity contribution in [3.63, 3.8) is 0 Å². The standard InChI is InChI=1S/C25H35N3O4S/c1-6-7-15-26-25(30)21(4)28(17-22-10-8-9-20(3)16-22)24(29)18-27(5)33(31,32)23-13-11-19(2)12-14-23/h8-14,16,21H,6-7,15,17-18H2,1-5H3,(H,26,30). The molecule has 33 heavy (non-hydrogen) atoms. The molecule has 0 saturated carbocycles. The third-order valence-corrected chi connectivity index (χ3v) is 7.34. The zero-order valence-electron chi connectivity index (χ0n) is 20.2. The van der Waals surface area contributed by atoms with Gasteiger partial charge in [0.05, 0.1) is 11.4 Å². The number of carbonyl (C=O) groups excluding carboxylic acids is 2. The molecule has 0 spiro atoms. The largest absolute Gasteiger partial charge is 0.354 e. The number of hydrogen-bond donors (Lipinski definition) is 1. The van der Waals surface area contributed by atoms with Gasteiger partial charge in [0.15, 0.2) is 0 Å². The lowest BCUT2D eigenvalue weighted by atomic mass is 10.1. The van der Waals surface area contributed by atoms with Crippen LogP contribution in [-0.4, -0.2) is 55.6 Å². The highest BCUT2D eigenvalue weighted by atomic mass is 32.2. The van der Waals surface area contributed by atoms with Crippen LogP contribution in [0.1, 0.15) is 43.4 Å². The van der Waals surface area contributed by atoms with Gasteiger partial charge in [-0.05, 0) is 44.9 Å². The quantitative estimate of drug-likeness (QED) is 0.508. The number of sulfonamides is 1. The lowest BCUT2D eigenvalue weighted by Crippen LogP contribution is -2.50. The first-order chi connectivity index (χ1) is 15.6. The van der Waals surface area contributed by atoms with Crippen LogP contribution >= 0.6 is 0 Å². The summed E-state index contributed by atoms with van der Waals surface area (Å²) < 4.78 is 26.9. The van der Waals surface area contributed by atoms with Gasteiger partial charge in [-0.2, -0.15) is 4.31 Å². The molecule has 2 aromatic carbocycles. The molecule has 1 unspecified atom stereocenters. The number of likely N-dealkylation sites (N-methyl/N-ethyl adjacent to an activating group) is 1. The molecule has 0 aliphatic heterocycles. The summed E-state index contributed by atoms with van der Waals surface area (Å²) >= 11 is 0. The van der Waals surface area contributed by atoms with Crippen LogP contribution < -0.4 is 5.32 Å². The third-order valence-electron chi connectivity index (χ3n) is 5.52. The number of carbonyl (C=O) groups is 2. The highest BCUT2D eigenvalue weighted by Gasteiger charge is 2.30. The van der Waals surface area contributed by atoms with Crippen molar-refractivity contribution in [2.75, 3.05) is 20.1 Å². The number of unbranched alkanes of at least 4 members (excludes halogenated alkanes) is 1. The molecule has 0 radical (unpaired) electrons. The Morgan fingerprint density at radius 3 is 2.30 bits per heavy atom. The molecule has 7 nitrogen and oxygen atoms in total. The maximum Gasteiger partial charge on any atom is 0.243 e. The average Bonchev–Trinajstić information content (AvgIpc) is 2.77. The van der Waals surface area contributed by atoms with Gasteiger partial charge in [0.1, 0.15) is 6.04 Å². The summed E-state index contributed by atoms with van der Waals surface area (Å²) in [6.07, 6.45) is 1.80. The predicted molar refractivity (Wildman–Crippen MR) is 130 cm³/mol. The number of rotatable bonds is 11. The van der Waals surface area contributed by atoms with Crippen molar-refractivity contribution in [3.8, 4) is 0 Å². The van der Waals surface area contributed by atoms with Gasteiger partial charge in [-0.25, -0.2) is 8.42 Å². The van der Waals surface area contributed by atoms with Crippen molar-refractivity contribution in [3.05, 3.63) is 65.2 Å². The number of nitrogens with zero attached hydrogens (tertiary/aromatic N) is 2. The van der Waals surface area contributed by atoms with Gasteiger partial charge in [0.25, 0.3) is 0 Å². The monoisotopic (exact) mass is 473 g/mol. The second-order valence-corrected chi connectivity index (χ2v) is 10.5. The highest BCUT2D eigenvalue weighted by molar-refractivity contribution is 7.89. The summed E-state index contributed by atoms with van der Waals surface area (Å²) in [6.45, 7) is 7.92. The molecule has 8 heteroatoms. The van der Waals surface area contributed by atoms with Gasteiger partial charge in [-0.15, -0.1) is 0 Å². The normalized spacial score (nSPS) is 12.4. The van der Waals surface area contributed by atoms with Gasteiger partial charge in [-0.3, -0.25) is 9.59 Å².